The van der Waals surface area contributed by atoms with E-state index in [-0.39, 0.29) is 19.0 Å². The van der Waals surface area contributed by atoms with Gasteiger partial charge in [0.2, 0.25) is 5.95 Å². The summed E-state index contributed by atoms with van der Waals surface area (Å²) in [4.78, 5) is 8.40. The van der Waals surface area contributed by atoms with Gasteiger partial charge in [0.1, 0.15) is 0 Å². The lowest BCUT2D eigenvalue weighted by molar-refractivity contribution is 0.292. The summed E-state index contributed by atoms with van der Waals surface area (Å²) in [5.74, 6) is 0.644. The summed E-state index contributed by atoms with van der Waals surface area (Å²) >= 11 is 0. The Bertz CT molecular complexity index is 261. The normalized spacial score (nSPS) is 9.36. The van der Waals surface area contributed by atoms with Crippen molar-refractivity contribution in [2.24, 2.45) is 0 Å². The number of aliphatic hydroxyl groups is 1. The Hall–Kier alpha value is -0.870. The summed E-state index contributed by atoms with van der Waals surface area (Å²) in [6, 6.07) is 1.93. The first-order valence-electron chi connectivity index (χ1n) is 4.39. The Morgan fingerprint density at radius 3 is 2.36 bits per heavy atom. The van der Waals surface area contributed by atoms with Gasteiger partial charge in [-0.2, -0.15) is 0 Å². The van der Waals surface area contributed by atoms with Crippen LogP contribution in [0.1, 0.15) is 17.8 Å². The summed E-state index contributed by atoms with van der Waals surface area (Å²) in [5, 5.41) is 11.6. The Labute approximate surface area is 90.2 Å². The summed E-state index contributed by atoms with van der Waals surface area (Å²) in [6.07, 6.45) is 0.719. The SMILES string of the molecule is Cc1cc(C)nc(NCCCO)n1.Cl. The van der Waals surface area contributed by atoms with Crippen molar-refractivity contribution in [2.75, 3.05) is 18.5 Å². The fourth-order valence-corrected chi connectivity index (χ4v) is 1.08. The van der Waals surface area contributed by atoms with Crippen molar-refractivity contribution in [1.29, 1.82) is 0 Å². The molecular formula is C9H16ClN3O. The molecule has 0 atom stereocenters. The predicted molar refractivity (Wildman–Crippen MR) is 58.9 cm³/mol. The Balaban J connectivity index is 0.00000169. The molecule has 80 valence electrons. The lowest BCUT2D eigenvalue weighted by Gasteiger charge is -2.04. The van der Waals surface area contributed by atoms with Gasteiger partial charge in [0.15, 0.2) is 0 Å². The molecule has 5 heteroatoms. The maximum atomic E-state index is 8.57. The third-order valence-electron chi connectivity index (χ3n) is 1.60. The number of hydrogen-bond acceptors (Lipinski definition) is 4. The molecule has 0 radical (unpaired) electrons. The Morgan fingerprint density at radius 1 is 1.29 bits per heavy atom. The largest absolute Gasteiger partial charge is 0.396 e. The second-order valence-electron chi connectivity index (χ2n) is 2.98. The summed E-state index contributed by atoms with van der Waals surface area (Å²) < 4.78 is 0. The van der Waals surface area contributed by atoms with Gasteiger partial charge >= 0.3 is 0 Å². The molecule has 2 N–H and O–H groups in total. The third-order valence-corrected chi connectivity index (χ3v) is 1.60. The van der Waals surface area contributed by atoms with E-state index in [2.05, 4.69) is 15.3 Å². The lowest BCUT2D eigenvalue weighted by Crippen LogP contribution is -2.07. The van der Waals surface area contributed by atoms with Crippen molar-refractivity contribution in [3.63, 3.8) is 0 Å². The van der Waals surface area contributed by atoms with Gasteiger partial charge in [-0.3, -0.25) is 0 Å². The van der Waals surface area contributed by atoms with Crippen LogP contribution >= 0.6 is 12.4 Å². The number of halogens is 1. The number of aryl methyl sites for hydroxylation is 2. The third kappa shape index (κ3) is 4.39. The van der Waals surface area contributed by atoms with Crippen LogP contribution in [-0.2, 0) is 0 Å². The van der Waals surface area contributed by atoms with Crippen molar-refractivity contribution in [2.45, 2.75) is 20.3 Å². The van der Waals surface area contributed by atoms with Crippen LogP contribution in [0.5, 0.6) is 0 Å². The number of rotatable bonds is 4. The van der Waals surface area contributed by atoms with Crippen molar-refractivity contribution >= 4 is 18.4 Å². The van der Waals surface area contributed by atoms with Gasteiger partial charge in [0.25, 0.3) is 0 Å². The van der Waals surface area contributed by atoms with Crippen LogP contribution in [0.4, 0.5) is 5.95 Å². The van der Waals surface area contributed by atoms with E-state index in [4.69, 9.17) is 5.11 Å². The van der Waals surface area contributed by atoms with Gasteiger partial charge in [-0.05, 0) is 26.3 Å². The molecule has 1 heterocycles. The Morgan fingerprint density at radius 2 is 1.86 bits per heavy atom. The molecule has 0 unspecified atom stereocenters. The molecule has 0 spiro atoms. The second-order valence-corrected chi connectivity index (χ2v) is 2.98. The smallest absolute Gasteiger partial charge is 0.223 e. The minimum atomic E-state index is 0. The highest BCUT2D eigenvalue weighted by Gasteiger charge is 1.97. The first-order valence-corrected chi connectivity index (χ1v) is 4.39. The molecule has 0 aliphatic carbocycles. The fourth-order valence-electron chi connectivity index (χ4n) is 1.08. The molecule has 1 aromatic rings. The topological polar surface area (TPSA) is 58.0 Å². The summed E-state index contributed by atoms with van der Waals surface area (Å²) in [6.45, 7) is 4.77. The maximum absolute atomic E-state index is 8.57. The number of nitrogens with zero attached hydrogens (tertiary/aromatic N) is 2. The van der Waals surface area contributed by atoms with Gasteiger partial charge in [-0.25, -0.2) is 9.97 Å². The predicted octanol–water partition coefficient (Wildman–Crippen LogP) is 1.31. The highest BCUT2D eigenvalue weighted by molar-refractivity contribution is 5.85. The van der Waals surface area contributed by atoms with Crippen LogP contribution in [0.3, 0.4) is 0 Å². The zero-order valence-electron chi connectivity index (χ0n) is 8.45. The first kappa shape index (κ1) is 13.1. The summed E-state index contributed by atoms with van der Waals surface area (Å²) in [5.41, 5.74) is 1.91. The summed E-state index contributed by atoms with van der Waals surface area (Å²) in [7, 11) is 0. The average Bonchev–Trinajstić information content (AvgIpc) is 2.03. The van der Waals surface area contributed by atoms with Crippen LogP contribution in [0.15, 0.2) is 6.07 Å². The monoisotopic (exact) mass is 217 g/mol. The van der Waals surface area contributed by atoms with Gasteiger partial charge in [-0.1, -0.05) is 0 Å². The Kier molecular flexibility index (Phi) is 6.16. The van der Waals surface area contributed by atoms with Crippen molar-refractivity contribution < 1.29 is 5.11 Å². The van der Waals surface area contributed by atoms with E-state index in [1.807, 2.05) is 19.9 Å². The zero-order valence-corrected chi connectivity index (χ0v) is 9.27. The van der Waals surface area contributed by atoms with Gasteiger partial charge in [0, 0.05) is 24.5 Å². The van der Waals surface area contributed by atoms with Crippen molar-refractivity contribution in [3.8, 4) is 0 Å². The van der Waals surface area contributed by atoms with E-state index in [0.717, 1.165) is 17.8 Å². The molecule has 0 aliphatic rings. The molecule has 14 heavy (non-hydrogen) atoms. The van der Waals surface area contributed by atoms with Gasteiger partial charge in [0.05, 0.1) is 0 Å². The molecule has 0 saturated heterocycles. The number of aliphatic hydroxyl groups excluding tert-OH is 1. The first-order chi connectivity index (χ1) is 6.22. The van der Waals surface area contributed by atoms with E-state index < -0.39 is 0 Å². The van der Waals surface area contributed by atoms with Gasteiger partial charge < -0.3 is 10.4 Å². The molecule has 0 bridgehead atoms. The van der Waals surface area contributed by atoms with Crippen LogP contribution in [-0.4, -0.2) is 28.2 Å². The molecule has 1 rings (SSSR count). The van der Waals surface area contributed by atoms with E-state index in [9.17, 15) is 0 Å². The maximum Gasteiger partial charge on any atom is 0.223 e. The standard InChI is InChI=1S/C9H15N3O.ClH/c1-7-6-8(2)12-9(11-7)10-4-3-5-13;/h6,13H,3-5H2,1-2H3,(H,10,11,12);1H. The minimum absolute atomic E-state index is 0. The van der Waals surface area contributed by atoms with E-state index >= 15 is 0 Å². The van der Waals surface area contributed by atoms with Gasteiger partial charge in [-0.15, -0.1) is 12.4 Å². The zero-order chi connectivity index (χ0) is 9.68. The van der Waals surface area contributed by atoms with Crippen LogP contribution < -0.4 is 5.32 Å². The molecule has 1 aromatic heterocycles. The average molecular weight is 218 g/mol. The molecule has 0 fully saturated rings. The molecule has 0 aliphatic heterocycles. The lowest BCUT2D eigenvalue weighted by atomic mass is 10.3. The van der Waals surface area contributed by atoms with Crippen LogP contribution in [0.25, 0.3) is 0 Å². The quantitative estimate of drug-likeness (QED) is 0.747. The number of anilines is 1. The van der Waals surface area contributed by atoms with E-state index in [0.29, 0.717) is 12.5 Å². The molecule has 0 amide bonds. The van der Waals surface area contributed by atoms with Crippen LogP contribution in [0.2, 0.25) is 0 Å². The van der Waals surface area contributed by atoms with Crippen molar-refractivity contribution in [3.05, 3.63) is 17.5 Å². The minimum Gasteiger partial charge on any atom is -0.396 e. The highest BCUT2D eigenvalue weighted by Crippen LogP contribution is 2.03. The van der Waals surface area contributed by atoms with Crippen molar-refractivity contribution in [1.82, 2.24) is 9.97 Å². The molecule has 4 nitrogen and oxygen atoms in total. The number of nitrogens with one attached hydrogen (secondary N) is 1. The highest BCUT2D eigenvalue weighted by atomic mass is 35.5. The molecule has 0 aromatic carbocycles. The molecular weight excluding hydrogens is 202 g/mol. The molecule has 0 saturated carbocycles. The van der Waals surface area contributed by atoms with Crippen LogP contribution in [0, 0.1) is 13.8 Å². The second kappa shape index (κ2) is 6.56. The number of hydrogen-bond donors (Lipinski definition) is 2. The number of aromatic nitrogens is 2. The van der Waals surface area contributed by atoms with E-state index in [1.165, 1.54) is 0 Å². The fraction of sp³-hybridized carbons (Fsp3) is 0.556. The van der Waals surface area contributed by atoms with E-state index in [1.54, 1.807) is 0 Å².